The minimum absolute atomic E-state index is 0.0307. The van der Waals surface area contributed by atoms with E-state index >= 15 is 0 Å². The van der Waals surface area contributed by atoms with Crippen molar-refractivity contribution < 1.29 is 14.7 Å². The molecule has 108 valence electrons. The van der Waals surface area contributed by atoms with E-state index in [9.17, 15) is 9.59 Å². The lowest BCUT2D eigenvalue weighted by Crippen LogP contribution is -2.48. The molecule has 19 heavy (non-hydrogen) atoms. The van der Waals surface area contributed by atoms with Gasteiger partial charge in [-0.25, -0.2) is 0 Å². The fourth-order valence-corrected chi connectivity index (χ4v) is 5.58. The number of hydrogen-bond acceptors (Lipinski definition) is 4. The van der Waals surface area contributed by atoms with Crippen molar-refractivity contribution in [2.45, 2.75) is 49.3 Å². The van der Waals surface area contributed by atoms with Crippen LogP contribution < -0.4 is 5.32 Å². The lowest BCUT2D eigenvalue weighted by atomic mass is 9.93. The predicted octanol–water partition coefficient (Wildman–Crippen LogP) is 2.13. The molecule has 0 spiro atoms. The number of carbonyl (C=O) groups is 2. The third kappa shape index (κ3) is 4.60. The van der Waals surface area contributed by atoms with Crippen molar-refractivity contribution in [2.24, 2.45) is 0 Å². The Labute approximate surface area is 122 Å². The molecule has 2 fully saturated rings. The lowest BCUT2D eigenvalue weighted by molar-refractivity contribution is -0.139. The van der Waals surface area contributed by atoms with Crippen LogP contribution in [-0.4, -0.2) is 45.0 Å². The van der Waals surface area contributed by atoms with Crippen molar-refractivity contribution in [3.05, 3.63) is 0 Å². The monoisotopic (exact) mass is 303 g/mol. The summed E-state index contributed by atoms with van der Waals surface area (Å²) in [7, 11) is 0. The Morgan fingerprint density at radius 2 is 2.00 bits per heavy atom. The summed E-state index contributed by atoms with van der Waals surface area (Å²) in [5.41, 5.74) is -0.477. The highest BCUT2D eigenvalue weighted by atomic mass is 32.2. The summed E-state index contributed by atoms with van der Waals surface area (Å²) in [6.45, 7) is 0. The van der Waals surface area contributed by atoms with Gasteiger partial charge in [0.25, 0.3) is 0 Å². The maximum atomic E-state index is 12.1. The van der Waals surface area contributed by atoms with Gasteiger partial charge in [0.2, 0.25) is 5.91 Å². The summed E-state index contributed by atoms with van der Waals surface area (Å²) in [5.74, 6) is 2.53. The van der Waals surface area contributed by atoms with Crippen molar-refractivity contribution in [3.8, 4) is 0 Å². The van der Waals surface area contributed by atoms with E-state index in [1.165, 1.54) is 5.75 Å². The second kappa shape index (κ2) is 6.88. The zero-order valence-corrected chi connectivity index (χ0v) is 12.7. The first-order valence-electron chi connectivity index (χ1n) is 6.82. The molecule has 1 amide bonds. The van der Waals surface area contributed by atoms with E-state index in [0.29, 0.717) is 11.7 Å². The number of thioether (sulfide) groups is 2. The van der Waals surface area contributed by atoms with Crippen LogP contribution in [0.1, 0.15) is 38.5 Å². The molecule has 1 heterocycles. The van der Waals surface area contributed by atoms with Gasteiger partial charge >= 0.3 is 5.97 Å². The predicted molar refractivity (Wildman–Crippen MR) is 79.8 cm³/mol. The molecule has 0 aromatic carbocycles. The quantitative estimate of drug-likeness (QED) is 0.814. The Morgan fingerprint density at radius 3 is 2.58 bits per heavy atom. The first-order chi connectivity index (χ1) is 9.10. The first kappa shape index (κ1) is 15.0. The number of aliphatic carboxylic acids is 1. The van der Waals surface area contributed by atoms with Crippen molar-refractivity contribution in [1.29, 1.82) is 0 Å². The minimum Gasteiger partial charge on any atom is -0.481 e. The van der Waals surface area contributed by atoms with Crippen LogP contribution >= 0.6 is 23.5 Å². The number of carbonyl (C=O) groups excluding carboxylic acids is 1. The number of carboxylic acids is 1. The zero-order chi connectivity index (χ0) is 13.7. The highest BCUT2D eigenvalue weighted by Gasteiger charge is 2.37. The molecular formula is C13H21NO3S2. The highest BCUT2D eigenvalue weighted by molar-refractivity contribution is 8.06. The van der Waals surface area contributed by atoms with Crippen LogP contribution in [0.5, 0.6) is 0 Å². The molecular weight excluding hydrogens is 282 g/mol. The summed E-state index contributed by atoms with van der Waals surface area (Å²) in [5, 5.41) is 12.4. The highest BCUT2D eigenvalue weighted by Crippen LogP contribution is 2.33. The van der Waals surface area contributed by atoms with Crippen molar-refractivity contribution >= 4 is 35.4 Å². The van der Waals surface area contributed by atoms with Gasteiger partial charge in [0.1, 0.15) is 0 Å². The van der Waals surface area contributed by atoms with Crippen LogP contribution in [0.3, 0.4) is 0 Å². The smallest absolute Gasteiger partial charge is 0.305 e. The van der Waals surface area contributed by atoms with Gasteiger partial charge in [-0.2, -0.15) is 23.5 Å². The van der Waals surface area contributed by atoms with E-state index < -0.39 is 11.5 Å². The van der Waals surface area contributed by atoms with Gasteiger partial charge in [-0.3, -0.25) is 9.59 Å². The van der Waals surface area contributed by atoms with E-state index in [1.807, 2.05) is 23.5 Å². The number of amides is 1. The minimum atomic E-state index is -0.815. The summed E-state index contributed by atoms with van der Waals surface area (Å²) in [6, 6.07) is 0. The van der Waals surface area contributed by atoms with E-state index in [-0.39, 0.29) is 12.3 Å². The first-order valence-corrected chi connectivity index (χ1v) is 9.02. The van der Waals surface area contributed by atoms with Gasteiger partial charge in [0, 0.05) is 28.9 Å². The molecule has 2 N–H and O–H groups in total. The molecule has 0 bridgehead atoms. The molecule has 1 atom stereocenters. The van der Waals surface area contributed by atoms with Crippen LogP contribution in [0, 0.1) is 0 Å². The van der Waals surface area contributed by atoms with Crippen LogP contribution in [0.15, 0.2) is 0 Å². The molecule has 6 heteroatoms. The topological polar surface area (TPSA) is 66.4 Å². The van der Waals surface area contributed by atoms with E-state index in [2.05, 4.69) is 5.32 Å². The van der Waals surface area contributed by atoms with E-state index in [4.69, 9.17) is 5.11 Å². The Morgan fingerprint density at radius 1 is 1.26 bits per heavy atom. The molecule has 0 aromatic heterocycles. The van der Waals surface area contributed by atoms with Crippen LogP contribution in [0.2, 0.25) is 0 Å². The Hall–Kier alpha value is -0.360. The molecule has 4 nitrogen and oxygen atoms in total. The third-order valence-corrected chi connectivity index (χ3v) is 6.60. The number of hydrogen-bond donors (Lipinski definition) is 2. The molecule has 1 aliphatic heterocycles. The fourth-order valence-electron chi connectivity index (χ4n) is 2.90. The maximum Gasteiger partial charge on any atom is 0.305 e. The van der Waals surface area contributed by atoms with Gasteiger partial charge in [0.05, 0.1) is 12.0 Å². The van der Waals surface area contributed by atoms with Crippen molar-refractivity contribution in [1.82, 2.24) is 5.32 Å². The molecule has 1 saturated heterocycles. The zero-order valence-electron chi connectivity index (χ0n) is 11.0. The molecule has 0 aromatic rings. The number of rotatable bonds is 5. The van der Waals surface area contributed by atoms with Gasteiger partial charge in [0.15, 0.2) is 0 Å². The molecule has 2 aliphatic rings. The largest absolute Gasteiger partial charge is 0.481 e. The maximum absolute atomic E-state index is 12.1. The van der Waals surface area contributed by atoms with Crippen LogP contribution in [0.4, 0.5) is 0 Å². The average molecular weight is 303 g/mol. The summed E-state index contributed by atoms with van der Waals surface area (Å²) < 4.78 is 0. The standard InChI is InChI=1S/C13H21NO3S2/c15-11(7-10-9-18-5-6-19-10)14-13(8-12(16)17)3-1-2-4-13/h10H,1-9H2,(H,14,15)(H,16,17). The summed E-state index contributed by atoms with van der Waals surface area (Å²) >= 11 is 3.77. The summed E-state index contributed by atoms with van der Waals surface area (Å²) in [4.78, 5) is 23.1. The Balaban J connectivity index is 1.86. The molecule has 1 unspecified atom stereocenters. The second-order valence-electron chi connectivity index (χ2n) is 5.38. The third-order valence-electron chi connectivity index (χ3n) is 3.75. The molecule has 1 aliphatic carbocycles. The van der Waals surface area contributed by atoms with Crippen LogP contribution in [-0.2, 0) is 9.59 Å². The SMILES string of the molecule is O=C(O)CC1(NC(=O)CC2CSCCS2)CCCC1. The molecule has 2 rings (SSSR count). The molecule has 0 radical (unpaired) electrons. The number of nitrogens with one attached hydrogen (secondary N) is 1. The van der Waals surface area contributed by atoms with E-state index in [0.717, 1.165) is 37.2 Å². The van der Waals surface area contributed by atoms with Crippen LogP contribution in [0.25, 0.3) is 0 Å². The van der Waals surface area contributed by atoms with E-state index in [1.54, 1.807) is 0 Å². The van der Waals surface area contributed by atoms with Crippen molar-refractivity contribution in [2.75, 3.05) is 17.3 Å². The lowest BCUT2D eigenvalue weighted by Gasteiger charge is -2.30. The Kier molecular flexibility index (Phi) is 5.45. The van der Waals surface area contributed by atoms with Gasteiger partial charge in [-0.1, -0.05) is 12.8 Å². The average Bonchev–Trinajstić information content (AvgIpc) is 2.77. The van der Waals surface area contributed by atoms with Gasteiger partial charge in [-0.05, 0) is 12.8 Å². The summed E-state index contributed by atoms with van der Waals surface area (Å²) in [6.07, 6.45) is 4.22. The van der Waals surface area contributed by atoms with Gasteiger partial charge < -0.3 is 10.4 Å². The Bertz CT molecular complexity index is 337. The normalized spacial score (nSPS) is 26.0. The fraction of sp³-hybridized carbons (Fsp3) is 0.846. The molecule has 1 saturated carbocycles. The number of carboxylic acid groups (broad SMARTS) is 1. The second-order valence-corrected chi connectivity index (χ2v) is 7.94. The van der Waals surface area contributed by atoms with Crippen molar-refractivity contribution in [3.63, 3.8) is 0 Å². The van der Waals surface area contributed by atoms with Gasteiger partial charge in [-0.15, -0.1) is 0 Å².